The van der Waals surface area contributed by atoms with Crippen molar-refractivity contribution in [1.29, 1.82) is 0 Å². The van der Waals surface area contributed by atoms with Gasteiger partial charge >= 0.3 is 12.1 Å². The molecule has 2 aromatic carbocycles. The number of carboxylic acid groups (broad SMARTS) is 1. The third kappa shape index (κ3) is 5.19. The fourth-order valence-electron chi connectivity index (χ4n) is 4.25. The third-order valence-electron chi connectivity index (χ3n) is 6.04. The molecule has 182 valence electrons. The molecule has 0 bridgehead atoms. The Morgan fingerprint density at radius 1 is 1.00 bits per heavy atom. The highest BCUT2D eigenvalue weighted by Crippen LogP contribution is 2.44. The fourth-order valence-corrected chi connectivity index (χ4v) is 5.05. The zero-order valence-corrected chi connectivity index (χ0v) is 20.5. The van der Waals surface area contributed by atoms with E-state index in [1.807, 2.05) is 50.2 Å². The number of ether oxygens (including phenoxy) is 1. The van der Waals surface area contributed by atoms with E-state index in [2.05, 4.69) is 27.8 Å². The molecule has 0 fully saturated rings. The van der Waals surface area contributed by atoms with Gasteiger partial charge in [0.25, 0.3) is 0 Å². The topological polar surface area (TPSA) is 118 Å². The van der Waals surface area contributed by atoms with E-state index in [0.717, 1.165) is 33.6 Å². The zero-order chi connectivity index (χ0) is 25.1. The van der Waals surface area contributed by atoms with Crippen LogP contribution in [0.25, 0.3) is 11.1 Å². The maximum Gasteiger partial charge on any atom is 0.407 e. The van der Waals surface area contributed by atoms with Crippen molar-refractivity contribution in [3.63, 3.8) is 0 Å². The standard InChI is InChI=1S/C26H27N3O5S/c1-14(2)22(23(30)27-15(3)24-28-21(13-35-24)25(31)32)29-26(33)34-12-20-18-10-6-4-8-16(18)17-9-5-7-11-19(17)20/h4-11,13-15,20,22H,12H2,1-3H3,(H,27,30)(H,29,33)(H,31,32)/t15?,22-/m0/s1. The molecule has 0 aliphatic heterocycles. The lowest BCUT2D eigenvalue weighted by atomic mass is 9.98. The number of nitrogens with zero attached hydrogens (tertiary/aromatic N) is 1. The molecule has 1 heterocycles. The zero-order valence-electron chi connectivity index (χ0n) is 19.6. The average Bonchev–Trinajstić information content (AvgIpc) is 3.45. The second-order valence-corrected chi connectivity index (χ2v) is 9.69. The van der Waals surface area contributed by atoms with Gasteiger partial charge in [-0.15, -0.1) is 11.3 Å². The molecule has 0 spiro atoms. The molecule has 1 aliphatic rings. The molecule has 1 unspecified atom stereocenters. The van der Waals surface area contributed by atoms with E-state index in [4.69, 9.17) is 9.84 Å². The fraction of sp³-hybridized carbons (Fsp3) is 0.308. The lowest BCUT2D eigenvalue weighted by Crippen LogP contribution is -2.50. The van der Waals surface area contributed by atoms with Crippen molar-refractivity contribution in [3.8, 4) is 11.1 Å². The first-order valence-corrected chi connectivity index (χ1v) is 12.2. The molecule has 0 radical (unpaired) electrons. The molecule has 0 saturated heterocycles. The third-order valence-corrected chi connectivity index (χ3v) is 7.06. The Kier molecular flexibility index (Phi) is 7.16. The van der Waals surface area contributed by atoms with Crippen LogP contribution in [0.2, 0.25) is 0 Å². The molecule has 3 N–H and O–H groups in total. The van der Waals surface area contributed by atoms with Crippen molar-refractivity contribution in [3.05, 3.63) is 75.7 Å². The summed E-state index contributed by atoms with van der Waals surface area (Å²) in [5.74, 6) is -1.79. The summed E-state index contributed by atoms with van der Waals surface area (Å²) in [4.78, 5) is 40.7. The number of carbonyl (C=O) groups excluding carboxylic acids is 2. The van der Waals surface area contributed by atoms with E-state index in [-0.39, 0.29) is 24.1 Å². The van der Waals surface area contributed by atoms with Crippen molar-refractivity contribution >= 4 is 29.3 Å². The molecule has 4 rings (SSSR count). The van der Waals surface area contributed by atoms with Crippen LogP contribution in [0.1, 0.15) is 59.4 Å². The Morgan fingerprint density at radius 3 is 2.14 bits per heavy atom. The van der Waals surface area contributed by atoms with Gasteiger partial charge in [0.2, 0.25) is 5.91 Å². The van der Waals surface area contributed by atoms with E-state index in [1.54, 1.807) is 6.92 Å². The summed E-state index contributed by atoms with van der Waals surface area (Å²) in [7, 11) is 0. The number of benzene rings is 2. The molecular formula is C26H27N3O5S. The summed E-state index contributed by atoms with van der Waals surface area (Å²) in [6.07, 6.45) is -0.671. The Hall–Kier alpha value is -3.72. The summed E-state index contributed by atoms with van der Waals surface area (Å²) in [5.41, 5.74) is 4.43. The van der Waals surface area contributed by atoms with Gasteiger partial charge in [-0.2, -0.15) is 0 Å². The number of nitrogens with one attached hydrogen (secondary N) is 2. The van der Waals surface area contributed by atoms with Crippen LogP contribution >= 0.6 is 11.3 Å². The first-order chi connectivity index (χ1) is 16.8. The Balaban J connectivity index is 1.38. The van der Waals surface area contributed by atoms with Crippen LogP contribution in [0.3, 0.4) is 0 Å². The van der Waals surface area contributed by atoms with Crippen LogP contribution in [0.5, 0.6) is 0 Å². The van der Waals surface area contributed by atoms with Gasteiger partial charge in [0.05, 0.1) is 6.04 Å². The van der Waals surface area contributed by atoms with E-state index >= 15 is 0 Å². The average molecular weight is 494 g/mol. The summed E-state index contributed by atoms with van der Waals surface area (Å²) in [6, 6.07) is 14.8. The number of fused-ring (bicyclic) bond motifs is 3. The minimum atomic E-state index is -1.12. The first-order valence-electron chi connectivity index (χ1n) is 11.4. The number of alkyl carbamates (subject to hydrolysis) is 1. The van der Waals surface area contributed by atoms with E-state index in [9.17, 15) is 14.4 Å². The highest BCUT2D eigenvalue weighted by atomic mass is 32.1. The number of hydrogen-bond acceptors (Lipinski definition) is 6. The quantitative estimate of drug-likeness (QED) is 0.423. The lowest BCUT2D eigenvalue weighted by Gasteiger charge is -2.23. The number of hydrogen-bond donors (Lipinski definition) is 3. The van der Waals surface area contributed by atoms with Crippen molar-refractivity contribution in [2.24, 2.45) is 5.92 Å². The van der Waals surface area contributed by atoms with Gasteiger partial charge in [-0.1, -0.05) is 62.4 Å². The largest absolute Gasteiger partial charge is 0.476 e. The Morgan fingerprint density at radius 2 is 1.60 bits per heavy atom. The second kappa shape index (κ2) is 10.3. The summed E-state index contributed by atoms with van der Waals surface area (Å²) >= 11 is 1.15. The van der Waals surface area contributed by atoms with Gasteiger partial charge in [0.15, 0.2) is 5.69 Å². The minimum Gasteiger partial charge on any atom is -0.476 e. The smallest absolute Gasteiger partial charge is 0.407 e. The number of carbonyl (C=O) groups is 3. The number of aromatic nitrogens is 1. The van der Waals surface area contributed by atoms with Gasteiger partial charge in [0.1, 0.15) is 17.7 Å². The monoisotopic (exact) mass is 493 g/mol. The van der Waals surface area contributed by atoms with Crippen LogP contribution in [0.15, 0.2) is 53.9 Å². The molecule has 1 aromatic heterocycles. The van der Waals surface area contributed by atoms with Crippen LogP contribution in [-0.2, 0) is 9.53 Å². The van der Waals surface area contributed by atoms with E-state index in [0.29, 0.717) is 5.01 Å². The maximum atomic E-state index is 12.9. The van der Waals surface area contributed by atoms with E-state index in [1.165, 1.54) is 5.38 Å². The first kappa shape index (κ1) is 24.4. The highest BCUT2D eigenvalue weighted by Gasteiger charge is 2.31. The molecule has 3 aromatic rings. The molecule has 2 atom stereocenters. The van der Waals surface area contributed by atoms with E-state index < -0.39 is 30.1 Å². The SMILES string of the molecule is CC(NC(=O)[C@@H](NC(=O)OCC1c2ccccc2-c2ccccc21)C(C)C)c1nc(C(=O)O)cs1. The highest BCUT2D eigenvalue weighted by molar-refractivity contribution is 7.09. The van der Waals surface area contributed by atoms with Crippen molar-refractivity contribution in [2.45, 2.75) is 38.8 Å². The summed E-state index contributed by atoms with van der Waals surface area (Å²) in [6.45, 7) is 5.52. The van der Waals surface area contributed by atoms with Gasteiger partial charge in [-0.05, 0) is 35.1 Å². The number of rotatable bonds is 8. The van der Waals surface area contributed by atoms with Gasteiger partial charge in [-0.25, -0.2) is 14.6 Å². The van der Waals surface area contributed by atoms with Gasteiger partial charge in [-0.3, -0.25) is 4.79 Å². The molecule has 1 aliphatic carbocycles. The summed E-state index contributed by atoms with van der Waals surface area (Å²) in [5, 5.41) is 16.4. The Labute approximate surface area is 207 Å². The normalized spacial score (nSPS) is 14.1. The molecular weight excluding hydrogens is 466 g/mol. The lowest BCUT2D eigenvalue weighted by molar-refractivity contribution is -0.124. The number of aromatic carboxylic acids is 1. The van der Waals surface area contributed by atoms with Crippen molar-refractivity contribution in [1.82, 2.24) is 15.6 Å². The van der Waals surface area contributed by atoms with Crippen LogP contribution in [0.4, 0.5) is 4.79 Å². The molecule has 9 heteroatoms. The minimum absolute atomic E-state index is 0.0664. The van der Waals surface area contributed by atoms with Gasteiger partial charge < -0.3 is 20.5 Å². The molecule has 0 saturated carbocycles. The predicted molar refractivity (Wildman–Crippen MR) is 132 cm³/mol. The number of amides is 2. The van der Waals surface area contributed by atoms with Crippen LogP contribution in [0, 0.1) is 5.92 Å². The van der Waals surface area contributed by atoms with Crippen LogP contribution in [-0.4, -0.2) is 40.7 Å². The van der Waals surface area contributed by atoms with Crippen LogP contribution < -0.4 is 10.6 Å². The van der Waals surface area contributed by atoms with Gasteiger partial charge in [0, 0.05) is 11.3 Å². The number of thiazole rings is 1. The predicted octanol–water partition coefficient (Wildman–Crippen LogP) is 4.58. The summed E-state index contributed by atoms with van der Waals surface area (Å²) < 4.78 is 5.58. The molecule has 8 nitrogen and oxygen atoms in total. The van der Waals surface area contributed by atoms with Crippen molar-refractivity contribution in [2.75, 3.05) is 6.61 Å². The van der Waals surface area contributed by atoms with Crippen molar-refractivity contribution < 1.29 is 24.2 Å². The molecule has 2 amide bonds. The maximum absolute atomic E-state index is 12.9. The Bertz CT molecular complexity index is 1210. The second-order valence-electron chi connectivity index (χ2n) is 8.80. The molecule has 35 heavy (non-hydrogen) atoms. The number of carboxylic acids is 1.